The van der Waals surface area contributed by atoms with Crippen molar-refractivity contribution in [1.82, 2.24) is 5.32 Å². The summed E-state index contributed by atoms with van der Waals surface area (Å²) in [6, 6.07) is 17.3. The second kappa shape index (κ2) is 7.26. The van der Waals surface area contributed by atoms with Gasteiger partial charge in [0.25, 0.3) is 5.91 Å². The highest BCUT2D eigenvalue weighted by Gasteiger charge is 2.25. The zero-order valence-corrected chi connectivity index (χ0v) is 12.2. The first-order valence-corrected chi connectivity index (χ1v) is 6.94. The van der Waals surface area contributed by atoms with E-state index in [9.17, 15) is 9.59 Å². The predicted octanol–water partition coefficient (Wildman–Crippen LogP) is 1.80. The lowest BCUT2D eigenvalue weighted by molar-refractivity contribution is -0.132. The molecule has 2 aromatic rings. The fourth-order valence-electron chi connectivity index (χ4n) is 1.90. The number of carbonyl (C=O) groups is 2. The summed E-state index contributed by atoms with van der Waals surface area (Å²) in [6.45, 7) is 1.53. The summed E-state index contributed by atoms with van der Waals surface area (Å²) in [4.78, 5) is 23.5. The van der Waals surface area contributed by atoms with Crippen molar-refractivity contribution in [3.05, 3.63) is 66.2 Å². The maximum atomic E-state index is 12.4. The molecule has 2 aromatic carbocycles. The third kappa shape index (κ3) is 4.09. The Bertz CT molecular complexity index is 629. The Hall–Kier alpha value is -2.82. The summed E-state index contributed by atoms with van der Waals surface area (Å²) >= 11 is 0. The second-order valence-corrected chi connectivity index (χ2v) is 4.85. The van der Waals surface area contributed by atoms with Crippen LogP contribution in [0.25, 0.3) is 0 Å². The first-order chi connectivity index (χ1) is 10.6. The molecule has 0 fully saturated rings. The topological polar surface area (TPSA) is 81.4 Å². The summed E-state index contributed by atoms with van der Waals surface area (Å²) in [6.07, 6.45) is -0.856. The van der Waals surface area contributed by atoms with Gasteiger partial charge in [0.1, 0.15) is 11.8 Å². The SMILES string of the molecule is C[C@H](NC(=O)[C@H](Oc1ccccc1)c1ccccc1)C(N)=O. The van der Waals surface area contributed by atoms with Gasteiger partial charge in [-0.3, -0.25) is 9.59 Å². The summed E-state index contributed by atoms with van der Waals surface area (Å²) in [5, 5.41) is 2.56. The van der Waals surface area contributed by atoms with E-state index < -0.39 is 24.0 Å². The van der Waals surface area contributed by atoms with Crippen LogP contribution in [0.5, 0.6) is 5.75 Å². The van der Waals surface area contributed by atoms with Crippen molar-refractivity contribution in [1.29, 1.82) is 0 Å². The van der Waals surface area contributed by atoms with Crippen LogP contribution in [0, 0.1) is 0 Å². The lowest BCUT2D eigenvalue weighted by Crippen LogP contribution is -2.45. The minimum Gasteiger partial charge on any atom is -0.476 e. The van der Waals surface area contributed by atoms with Crippen molar-refractivity contribution >= 4 is 11.8 Å². The first-order valence-electron chi connectivity index (χ1n) is 6.94. The molecule has 2 atom stereocenters. The summed E-state index contributed by atoms with van der Waals surface area (Å²) < 4.78 is 5.78. The van der Waals surface area contributed by atoms with Gasteiger partial charge in [-0.15, -0.1) is 0 Å². The Labute approximate surface area is 129 Å². The molecule has 2 amide bonds. The molecule has 5 heteroatoms. The van der Waals surface area contributed by atoms with Crippen LogP contribution in [0.15, 0.2) is 60.7 Å². The lowest BCUT2D eigenvalue weighted by Gasteiger charge is -2.20. The molecule has 0 aliphatic heterocycles. The molecule has 114 valence electrons. The van der Waals surface area contributed by atoms with E-state index in [1.165, 1.54) is 6.92 Å². The molecule has 0 heterocycles. The van der Waals surface area contributed by atoms with Crippen molar-refractivity contribution in [3.63, 3.8) is 0 Å². The Morgan fingerprint density at radius 2 is 1.55 bits per heavy atom. The molecule has 0 unspecified atom stereocenters. The number of ether oxygens (including phenoxy) is 1. The van der Waals surface area contributed by atoms with Crippen LogP contribution < -0.4 is 15.8 Å². The quantitative estimate of drug-likeness (QED) is 0.853. The molecule has 2 rings (SSSR count). The van der Waals surface area contributed by atoms with Crippen molar-refractivity contribution in [3.8, 4) is 5.75 Å². The maximum absolute atomic E-state index is 12.4. The number of nitrogens with one attached hydrogen (secondary N) is 1. The standard InChI is InChI=1S/C17H18N2O3/c1-12(16(18)20)19-17(21)15(13-8-4-2-5-9-13)22-14-10-6-3-7-11-14/h2-12,15H,1H3,(H2,18,20)(H,19,21)/t12-,15+/m0/s1. The van der Waals surface area contributed by atoms with Crippen LogP contribution in [0.2, 0.25) is 0 Å². The van der Waals surface area contributed by atoms with Crippen LogP contribution in [-0.2, 0) is 9.59 Å². The Balaban J connectivity index is 2.22. The fraction of sp³-hybridized carbons (Fsp3) is 0.176. The zero-order valence-electron chi connectivity index (χ0n) is 12.2. The number of amides is 2. The van der Waals surface area contributed by atoms with Crippen LogP contribution in [0.4, 0.5) is 0 Å². The number of hydrogen-bond acceptors (Lipinski definition) is 3. The lowest BCUT2D eigenvalue weighted by atomic mass is 10.1. The average molecular weight is 298 g/mol. The molecule has 3 N–H and O–H groups in total. The second-order valence-electron chi connectivity index (χ2n) is 4.85. The number of nitrogens with two attached hydrogens (primary N) is 1. The van der Waals surface area contributed by atoms with Gasteiger partial charge in [-0.25, -0.2) is 0 Å². The monoisotopic (exact) mass is 298 g/mol. The van der Waals surface area contributed by atoms with Crippen LogP contribution in [0.1, 0.15) is 18.6 Å². The van der Waals surface area contributed by atoms with Crippen LogP contribution in [0.3, 0.4) is 0 Å². The number of primary amides is 1. The number of benzene rings is 2. The van der Waals surface area contributed by atoms with Crippen molar-refractivity contribution in [2.24, 2.45) is 5.73 Å². The molecule has 0 aliphatic carbocycles. The van der Waals surface area contributed by atoms with Gasteiger partial charge in [-0.1, -0.05) is 48.5 Å². The van der Waals surface area contributed by atoms with E-state index in [2.05, 4.69) is 5.32 Å². The Morgan fingerprint density at radius 3 is 2.09 bits per heavy atom. The van der Waals surface area contributed by atoms with E-state index in [1.54, 1.807) is 24.3 Å². The van der Waals surface area contributed by atoms with E-state index >= 15 is 0 Å². The highest BCUT2D eigenvalue weighted by atomic mass is 16.5. The van der Waals surface area contributed by atoms with Gasteiger partial charge in [0, 0.05) is 5.56 Å². The van der Waals surface area contributed by atoms with Gasteiger partial charge in [-0.2, -0.15) is 0 Å². The summed E-state index contributed by atoms with van der Waals surface area (Å²) in [5.74, 6) is -0.445. The smallest absolute Gasteiger partial charge is 0.266 e. The first kappa shape index (κ1) is 15.6. The van der Waals surface area contributed by atoms with Gasteiger partial charge < -0.3 is 15.8 Å². The largest absolute Gasteiger partial charge is 0.476 e. The van der Waals surface area contributed by atoms with E-state index in [1.807, 2.05) is 36.4 Å². The van der Waals surface area contributed by atoms with Crippen molar-refractivity contribution < 1.29 is 14.3 Å². The van der Waals surface area contributed by atoms with E-state index in [4.69, 9.17) is 10.5 Å². The third-order valence-corrected chi connectivity index (χ3v) is 3.12. The minimum atomic E-state index is -0.856. The fourth-order valence-corrected chi connectivity index (χ4v) is 1.90. The molecular weight excluding hydrogens is 280 g/mol. The molecule has 5 nitrogen and oxygen atoms in total. The van der Waals surface area contributed by atoms with Crippen molar-refractivity contribution in [2.75, 3.05) is 0 Å². The normalized spacial score (nSPS) is 13.0. The summed E-state index contributed by atoms with van der Waals surface area (Å²) in [5.41, 5.74) is 5.88. The van der Waals surface area contributed by atoms with E-state index in [0.29, 0.717) is 11.3 Å². The van der Waals surface area contributed by atoms with Gasteiger partial charge in [0.15, 0.2) is 0 Å². The van der Waals surface area contributed by atoms with Gasteiger partial charge in [-0.05, 0) is 19.1 Å². The van der Waals surface area contributed by atoms with Gasteiger partial charge in [0.2, 0.25) is 12.0 Å². The van der Waals surface area contributed by atoms with Crippen molar-refractivity contribution in [2.45, 2.75) is 19.1 Å². The zero-order chi connectivity index (χ0) is 15.9. The molecular formula is C17H18N2O3. The molecule has 0 aromatic heterocycles. The molecule has 0 saturated carbocycles. The van der Waals surface area contributed by atoms with Gasteiger partial charge in [0.05, 0.1) is 0 Å². The predicted molar refractivity (Wildman–Crippen MR) is 83.1 cm³/mol. The molecule has 22 heavy (non-hydrogen) atoms. The van der Waals surface area contributed by atoms with E-state index in [-0.39, 0.29) is 0 Å². The minimum absolute atomic E-state index is 0.415. The third-order valence-electron chi connectivity index (χ3n) is 3.12. The molecule has 0 aliphatic rings. The maximum Gasteiger partial charge on any atom is 0.266 e. The number of hydrogen-bond donors (Lipinski definition) is 2. The van der Waals surface area contributed by atoms with Crippen LogP contribution in [-0.4, -0.2) is 17.9 Å². The molecule has 0 radical (unpaired) electrons. The number of rotatable bonds is 6. The molecule has 0 bridgehead atoms. The number of carbonyl (C=O) groups excluding carboxylic acids is 2. The highest BCUT2D eigenvalue weighted by Crippen LogP contribution is 2.22. The number of para-hydroxylation sites is 1. The van der Waals surface area contributed by atoms with Gasteiger partial charge >= 0.3 is 0 Å². The van der Waals surface area contributed by atoms with Crippen LogP contribution >= 0.6 is 0 Å². The Kier molecular flexibility index (Phi) is 5.14. The molecule has 0 spiro atoms. The van der Waals surface area contributed by atoms with E-state index in [0.717, 1.165) is 0 Å². The molecule has 0 saturated heterocycles. The highest BCUT2D eigenvalue weighted by molar-refractivity contribution is 5.89. The summed E-state index contributed by atoms with van der Waals surface area (Å²) in [7, 11) is 0. The Morgan fingerprint density at radius 1 is 1.00 bits per heavy atom. The average Bonchev–Trinajstić information content (AvgIpc) is 2.54.